The van der Waals surface area contributed by atoms with Crippen LogP contribution in [0.5, 0.6) is 0 Å². The molecule has 5 nitrogen and oxygen atoms in total. The summed E-state index contributed by atoms with van der Waals surface area (Å²) < 4.78 is 5.74. The lowest BCUT2D eigenvalue weighted by atomic mass is 9.97. The Balaban J connectivity index is 2.14. The number of amides is 1. The highest BCUT2D eigenvalue weighted by atomic mass is 32.2. The van der Waals surface area contributed by atoms with Crippen molar-refractivity contribution in [2.45, 2.75) is 38.6 Å². The number of oxazole rings is 1. The molecule has 0 aliphatic carbocycles. The molecular weight excluding hydrogens is 298 g/mol. The molecule has 0 aliphatic rings. The number of hydrogen-bond acceptors (Lipinski definition) is 5. The van der Waals surface area contributed by atoms with Crippen molar-refractivity contribution in [1.29, 1.82) is 0 Å². The first-order valence-electron chi connectivity index (χ1n) is 7.27. The highest BCUT2D eigenvalue weighted by molar-refractivity contribution is 7.98. The number of anilines is 1. The summed E-state index contributed by atoms with van der Waals surface area (Å²) in [6.07, 6.45) is 2.66. The van der Waals surface area contributed by atoms with Crippen LogP contribution in [0, 0.1) is 0 Å². The van der Waals surface area contributed by atoms with Gasteiger partial charge in [-0.3, -0.25) is 4.79 Å². The van der Waals surface area contributed by atoms with Gasteiger partial charge in [0.1, 0.15) is 5.52 Å². The molecule has 6 heteroatoms. The van der Waals surface area contributed by atoms with E-state index in [1.807, 2.05) is 39.2 Å². The van der Waals surface area contributed by atoms with Crippen molar-refractivity contribution in [1.82, 2.24) is 4.98 Å². The number of nitrogens with one attached hydrogen (secondary N) is 1. The summed E-state index contributed by atoms with van der Waals surface area (Å²) in [6.45, 7) is 6.14. The zero-order chi connectivity index (χ0) is 16.3. The summed E-state index contributed by atoms with van der Waals surface area (Å²) in [4.78, 5) is 16.5. The maximum Gasteiger partial charge on any atom is 0.241 e. The molecule has 2 aromatic rings. The summed E-state index contributed by atoms with van der Waals surface area (Å²) in [7, 11) is 0. The van der Waals surface area contributed by atoms with Gasteiger partial charge < -0.3 is 15.5 Å². The largest absolute Gasteiger partial charge is 0.440 e. The number of carbonyl (C=O) groups is 1. The molecule has 1 amide bonds. The monoisotopic (exact) mass is 321 g/mol. The van der Waals surface area contributed by atoms with Crippen molar-refractivity contribution >= 4 is 34.5 Å². The summed E-state index contributed by atoms with van der Waals surface area (Å²) in [5.41, 5.74) is 7.85. The van der Waals surface area contributed by atoms with Gasteiger partial charge in [-0.1, -0.05) is 20.8 Å². The molecule has 0 spiro atoms. The van der Waals surface area contributed by atoms with E-state index in [-0.39, 0.29) is 11.3 Å². The average molecular weight is 321 g/mol. The second kappa shape index (κ2) is 6.71. The molecule has 0 fully saturated rings. The van der Waals surface area contributed by atoms with E-state index in [0.29, 0.717) is 18.0 Å². The Bertz CT molecular complexity index is 661. The standard InChI is InChI=1S/C16H23N3O2S/c1-16(2,3)15-19-12-9-10(5-6-13(12)21-15)18-14(20)11(17)7-8-22-4/h5-6,9,11H,7-8,17H2,1-4H3,(H,18,20). The molecule has 0 radical (unpaired) electrons. The maximum absolute atomic E-state index is 12.0. The molecule has 0 saturated heterocycles. The minimum Gasteiger partial charge on any atom is -0.440 e. The van der Waals surface area contributed by atoms with Gasteiger partial charge in [0.05, 0.1) is 6.04 Å². The lowest BCUT2D eigenvalue weighted by molar-refractivity contribution is -0.117. The van der Waals surface area contributed by atoms with Crippen LogP contribution in [0.2, 0.25) is 0 Å². The average Bonchev–Trinajstić information content (AvgIpc) is 2.87. The van der Waals surface area contributed by atoms with Crippen molar-refractivity contribution in [3.63, 3.8) is 0 Å². The summed E-state index contributed by atoms with van der Waals surface area (Å²) in [5, 5.41) is 2.84. The van der Waals surface area contributed by atoms with Gasteiger partial charge in [0.25, 0.3) is 0 Å². The first-order chi connectivity index (χ1) is 10.3. The summed E-state index contributed by atoms with van der Waals surface area (Å²) >= 11 is 1.68. The molecule has 1 atom stereocenters. The topological polar surface area (TPSA) is 81.2 Å². The number of rotatable bonds is 5. The van der Waals surface area contributed by atoms with E-state index < -0.39 is 6.04 Å². The van der Waals surface area contributed by atoms with E-state index in [1.54, 1.807) is 17.8 Å². The first kappa shape index (κ1) is 16.8. The second-order valence-corrected chi connectivity index (χ2v) is 7.31. The minimum absolute atomic E-state index is 0.150. The van der Waals surface area contributed by atoms with E-state index in [1.165, 1.54) is 0 Å². The fourth-order valence-corrected chi connectivity index (χ4v) is 2.43. The fourth-order valence-electron chi connectivity index (χ4n) is 1.94. The van der Waals surface area contributed by atoms with Crippen molar-refractivity contribution in [2.24, 2.45) is 5.73 Å². The number of nitrogens with zero attached hydrogens (tertiary/aromatic N) is 1. The Morgan fingerprint density at radius 2 is 2.18 bits per heavy atom. The van der Waals surface area contributed by atoms with Gasteiger partial charge in [0.2, 0.25) is 11.8 Å². The number of benzene rings is 1. The third-order valence-electron chi connectivity index (χ3n) is 3.27. The zero-order valence-corrected chi connectivity index (χ0v) is 14.3. The highest BCUT2D eigenvalue weighted by Gasteiger charge is 2.21. The van der Waals surface area contributed by atoms with Crippen molar-refractivity contribution < 1.29 is 9.21 Å². The molecule has 3 N–H and O–H groups in total. The van der Waals surface area contributed by atoms with Crippen LogP contribution in [-0.2, 0) is 10.2 Å². The first-order valence-corrected chi connectivity index (χ1v) is 8.67. The van der Waals surface area contributed by atoms with E-state index >= 15 is 0 Å². The Morgan fingerprint density at radius 1 is 1.45 bits per heavy atom. The molecule has 1 heterocycles. The quantitative estimate of drug-likeness (QED) is 0.884. The smallest absolute Gasteiger partial charge is 0.241 e. The Hall–Kier alpha value is -1.53. The molecule has 1 aromatic carbocycles. The minimum atomic E-state index is -0.495. The molecule has 120 valence electrons. The van der Waals surface area contributed by atoms with Gasteiger partial charge in [-0.15, -0.1) is 0 Å². The number of thioether (sulfide) groups is 1. The Morgan fingerprint density at radius 3 is 2.82 bits per heavy atom. The summed E-state index contributed by atoms with van der Waals surface area (Å²) in [5.74, 6) is 1.38. The predicted molar refractivity (Wildman–Crippen MR) is 92.3 cm³/mol. The molecule has 0 saturated carbocycles. The number of fused-ring (bicyclic) bond motifs is 1. The normalized spacial score (nSPS) is 13.3. The van der Waals surface area contributed by atoms with Crippen molar-refractivity contribution in [2.75, 3.05) is 17.3 Å². The van der Waals surface area contributed by atoms with Crippen LogP contribution in [0.4, 0.5) is 5.69 Å². The zero-order valence-electron chi connectivity index (χ0n) is 13.5. The van der Waals surface area contributed by atoms with Crippen molar-refractivity contribution in [3.8, 4) is 0 Å². The van der Waals surface area contributed by atoms with Gasteiger partial charge in [0, 0.05) is 11.1 Å². The Labute approximate surface area is 135 Å². The van der Waals surface area contributed by atoms with E-state index in [2.05, 4.69) is 10.3 Å². The third kappa shape index (κ3) is 4.01. The molecule has 1 aromatic heterocycles. The van der Waals surface area contributed by atoms with E-state index in [9.17, 15) is 4.79 Å². The SMILES string of the molecule is CSCCC(N)C(=O)Nc1ccc2oc(C(C)(C)C)nc2c1. The fraction of sp³-hybridized carbons (Fsp3) is 0.500. The number of hydrogen-bond donors (Lipinski definition) is 2. The van der Waals surface area contributed by atoms with Crippen LogP contribution in [0.25, 0.3) is 11.1 Å². The van der Waals surface area contributed by atoms with Crippen LogP contribution in [0.3, 0.4) is 0 Å². The lowest BCUT2D eigenvalue weighted by Gasteiger charge is -2.11. The van der Waals surface area contributed by atoms with Crippen LogP contribution in [-0.4, -0.2) is 28.9 Å². The van der Waals surface area contributed by atoms with Crippen LogP contribution in [0.1, 0.15) is 33.1 Å². The van der Waals surface area contributed by atoms with E-state index in [0.717, 1.165) is 16.9 Å². The van der Waals surface area contributed by atoms with Crippen molar-refractivity contribution in [3.05, 3.63) is 24.1 Å². The number of carbonyl (C=O) groups excluding carboxylic acids is 1. The lowest BCUT2D eigenvalue weighted by Crippen LogP contribution is -2.36. The molecular formula is C16H23N3O2S. The van der Waals surface area contributed by atoms with Gasteiger partial charge in [-0.05, 0) is 36.6 Å². The Kier molecular flexibility index (Phi) is 5.13. The molecule has 0 aliphatic heterocycles. The second-order valence-electron chi connectivity index (χ2n) is 6.33. The maximum atomic E-state index is 12.0. The molecule has 22 heavy (non-hydrogen) atoms. The van der Waals surface area contributed by atoms with E-state index in [4.69, 9.17) is 10.2 Å². The number of aromatic nitrogens is 1. The highest BCUT2D eigenvalue weighted by Crippen LogP contribution is 2.27. The number of nitrogens with two attached hydrogens (primary N) is 1. The van der Waals surface area contributed by atoms with Gasteiger partial charge in [0.15, 0.2) is 5.58 Å². The molecule has 1 unspecified atom stereocenters. The molecule has 0 bridgehead atoms. The van der Waals surface area contributed by atoms with Crippen LogP contribution in [0.15, 0.2) is 22.6 Å². The van der Waals surface area contributed by atoms with Crippen LogP contribution < -0.4 is 11.1 Å². The third-order valence-corrected chi connectivity index (χ3v) is 3.91. The van der Waals surface area contributed by atoms with Gasteiger partial charge in [-0.2, -0.15) is 11.8 Å². The predicted octanol–water partition coefficient (Wildman–Crippen LogP) is 3.14. The van der Waals surface area contributed by atoms with Gasteiger partial charge in [-0.25, -0.2) is 4.98 Å². The van der Waals surface area contributed by atoms with Gasteiger partial charge >= 0.3 is 0 Å². The summed E-state index contributed by atoms with van der Waals surface area (Å²) in [6, 6.07) is 4.94. The molecule has 2 rings (SSSR count). The van der Waals surface area contributed by atoms with Crippen LogP contribution >= 0.6 is 11.8 Å².